The van der Waals surface area contributed by atoms with Crippen LogP contribution in [0.25, 0.3) is 11.3 Å². The summed E-state index contributed by atoms with van der Waals surface area (Å²) < 4.78 is 10.3. The van der Waals surface area contributed by atoms with E-state index < -0.39 is 0 Å². The first kappa shape index (κ1) is 14.8. The Labute approximate surface area is 133 Å². The number of benzene rings is 2. The molecule has 6 nitrogen and oxygen atoms in total. The zero-order valence-corrected chi connectivity index (χ0v) is 12.5. The van der Waals surface area contributed by atoms with E-state index in [-0.39, 0.29) is 5.75 Å². The average Bonchev–Trinajstić information content (AvgIpc) is 3.11. The second kappa shape index (κ2) is 6.74. The van der Waals surface area contributed by atoms with E-state index in [2.05, 4.69) is 15.2 Å². The van der Waals surface area contributed by atoms with Crippen LogP contribution in [0, 0.1) is 0 Å². The molecule has 23 heavy (non-hydrogen) atoms. The van der Waals surface area contributed by atoms with Crippen molar-refractivity contribution in [3.05, 3.63) is 60.6 Å². The molecule has 0 aliphatic carbocycles. The maximum Gasteiger partial charge on any atom is 0.181 e. The molecule has 1 aromatic heterocycles. The minimum Gasteiger partial charge on any atom is -0.504 e. The van der Waals surface area contributed by atoms with Crippen LogP contribution in [-0.4, -0.2) is 17.2 Å². The molecule has 1 N–H and O–H groups in total. The Morgan fingerprint density at radius 3 is 2.70 bits per heavy atom. The number of hydrogen-bond acceptors (Lipinski definition) is 6. The van der Waals surface area contributed by atoms with E-state index in [9.17, 15) is 5.11 Å². The topological polar surface area (TPSA) is 80.2 Å². The first-order valence-electron chi connectivity index (χ1n) is 6.98. The summed E-state index contributed by atoms with van der Waals surface area (Å²) in [6, 6.07) is 12.6. The van der Waals surface area contributed by atoms with Gasteiger partial charge in [0, 0.05) is 5.56 Å². The van der Waals surface area contributed by atoms with Gasteiger partial charge in [-0.3, -0.25) is 0 Å². The Morgan fingerprint density at radius 1 is 1.17 bits per heavy atom. The van der Waals surface area contributed by atoms with Gasteiger partial charge < -0.3 is 14.3 Å². The van der Waals surface area contributed by atoms with Crippen LogP contribution in [0.1, 0.15) is 5.56 Å². The van der Waals surface area contributed by atoms with Gasteiger partial charge in [0.1, 0.15) is 0 Å². The molecule has 0 unspecified atom stereocenters. The fourth-order valence-electron chi connectivity index (χ4n) is 2.07. The molecule has 0 saturated carbocycles. The first-order chi connectivity index (χ1) is 11.3. The lowest BCUT2D eigenvalue weighted by Gasteiger charge is -2.04. The van der Waals surface area contributed by atoms with Gasteiger partial charge in [0.15, 0.2) is 23.7 Å². The van der Waals surface area contributed by atoms with Gasteiger partial charge in [0.25, 0.3) is 0 Å². The summed E-state index contributed by atoms with van der Waals surface area (Å²) in [6.07, 6.45) is 3.06. The van der Waals surface area contributed by atoms with Gasteiger partial charge in [-0.2, -0.15) is 10.2 Å². The number of azo groups is 1. The normalized spacial score (nSPS) is 11.0. The number of nitrogens with zero attached hydrogens (tertiary/aromatic N) is 3. The van der Waals surface area contributed by atoms with E-state index >= 15 is 0 Å². The van der Waals surface area contributed by atoms with Crippen molar-refractivity contribution in [1.29, 1.82) is 0 Å². The third-order valence-corrected chi connectivity index (χ3v) is 3.27. The van der Waals surface area contributed by atoms with Gasteiger partial charge in [0.05, 0.1) is 25.5 Å². The predicted molar refractivity (Wildman–Crippen MR) is 84.8 cm³/mol. The SMILES string of the molecule is COc1cc(CN=Nc2ccc(-c3cnco3)cc2)ccc1O. The minimum atomic E-state index is 0.108. The van der Waals surface area contributed by atoms with Crippen molar-refractivity contribution in [3.8, 4) is 22.8 Å². The van der Waals surface area contributed by atoms with Gasteiger partial charge in [-0.1, -0.05) is 6.07 Å². The van der Waals surface area contributed by atoms with Crippen LogP contribution >= 0.6 is 0 Å². The zero-order chi connectivity index (χ0) is 16.1. The van der Waals surface area contributed by atoms with Crippen LogP contribution in [0.15, 0.2) is 69.7 Å². The summed E-state index contributed by atoms with van der Waals surface area (Å²) in [4.78, 5) is 3.89. The van der Waals surface area contributed by atoms with E-state index in [1.54, 1.807) is 24.4 Å². The molecule has 0 spiro atoms. The molecular weight excluding hydrogens is 294 g/mol. The van der Waals surface area contributed by atoms with E-state index in [0.29, 0.717) is 18.1 Å². The second-order valence-electron chi connectivity index (χ2n) is 4.82. The maximum atomic E-state index is 9.55. The largest absolute Gasteiger partial charge is 0.504 e. The number of methoxy groups -OCH3 is 1. The molecule has 0 atom stereocenters. The lowest BCUT2D eigenvalue weighted by Crippen LogP contribution is -1.86. The molecule has 0 aliphatic heterocycles. The van der Waals surface area contributed by atoms with Crippen LogP contribution in [0.4, 0.5) is 5.69 Å². The molecule has 116 valence electrons. The van der Waals surface area contributed by atoms with E-state index in [1.165, 1.54) is 13.5 Å². The van der Waals surface area contributed by atoms with Crippen LogP contribution in [-0.2, 0) is 6.54 Å². The van der Waals surface area contributed by atoms with Crippen molar-refractivity contribution < 1.29 is 14.3 Å². The van der Waals surface area contributed by atoms with Crippen molar-refractivity contribution in [2.75, 3.05) is 7.11 Å². The zero-order valence-electron chi connectivity index (χ0n) is 12.5. The number of aromatic nitrogens is 1. The Kier molecular flexibility index (Phi) is 4.33. The molecule has 0 aliphatic rings. The number of phenols is 1. The third kappa shape index (κ3) is 3.55. The quantitative estimate of drug-likeness (QED) is 0.711. The fourth-order valence-corrected chi connectivity index (χ4v) is 2.07. The van der Waals surface area contributed by atoms with Crippen LogP contribution in [0.5, 0.6) is 11.5 Å². The number of rotatable bonds is 5. The molecule has 6 heteroatoms. The molecular formula is C17H15N3O3. The Bertz CT molecular complexity index is 796. The summed E-state index contributed by atoms with van der Waals surface area (Å²) in [7, 11) is 1.51. The number of hydrogen-bond donors (Lipinski definition) is 1. The molecule has 1 heterocycles. The fraction of sp³-hybridized carbons (Fsp3) is 0.118. The smallest absolute Gasteiger partial charge is 0.181 e. The Morgan fingerprint density at radius 2 is 2.00 bits per heavy atom. The van der Waals surface area contributed by atoms with Gasteiger partial charge in [-0.25, -0.2) is 4.98 Å². The van der Waals surface area contributed by atoms with Crippen molar-refractivity contribution in [2.24, 2.45) is 10.2 Å². The minimum absolute atomic E-state index is 0.108. The monoisotopic (exact) mass is 309 g/mol. The van der Waals surface area contributed by atoms with Crippen LogP contribution < -0.4 is 4.74 Å². The summed E-state index contributed by atoms with van der Waals surface area (Å²) in [6.45, 7) is 0.403. The summed E-state index contributed by atoms with van der Waals surface area (Å²) in [5.74, 6) is 1.25. The Balaban J connectivity index is 1.66. The molecule has 0 fully saturated rings. The first-order valence-corrected chi connectivity index (χ1v) is 6.98. The number of phenolic OH excluding ortho intramolecular Hbond substituents is 1. The van der Waals surface area contributed by atoms with Crippen molar-refractivity contribution in [1.82, 2.24) is 4.98 Å². The third-order valence-electron chi connectivity index (χ3n) is 3.27. The average molecular weight is 309 g/mol. The number of ether oxygens (including phenoxy) is 1. The summed E-state index contributed by atoms with van der Waals surface area (Å²) in [5, 5.41) is 17.9. The van der Waals surface area contributed by atoms with Crippen molar-refractivity contribution in [2.45, 2.75) is 6.54 Å². The highest BCUT2D eigenvalue weighted by Gasteiger charge is 2.02. The van der Waals surface area contributed by atoms with Crippen LogP contribution in [0.3, 0.4) is 0 Å². The molecule has 2 aromatic carbocycles. The number of oxazole rings is 1. The highest BCUT2D eigenvalue weighted by atomic mass is 16.5. The van der Waals surface area contributed by atoms with E-state index in [0.717, 1.165) is 16.8 Å². The lowest BCUT2D eigenvalue weighted by molar-refractivity contribution is 0.373. The van der Waals surface area contributed by atoms with E-state index in [4.69, 9.17) is 9.15 Å². The molecule has 3 aromatic rings. The van der Waals surface area contributed by atoms with E-state index in [1.807, 2.05) is 24.3 Å². The highest BCUT2D eigenvalue weighted by molar-refractivity contribution is 5.59. The standard InChI is InChI=1S/C17H15N3O3/c1-22-16-8-12(2-7-15(16)21)9-19-20-14-5-3-13(4-6-14)17-10-18-11-23-17/h2-8,10-11,21H,9H2,1H3. The predicted octanol–water partition coefficient (Wildman–Crippen LogP) is 4.34. The van der Waals surface area contributed by atoms with Crippen LogP contribution in [0.2, 0.25) is 0 Å². The highest BCUT2D eigenvalue weighted by Crippen LogP contribution is 2.27. The molecule has 0 amide bonds. The molecule has 0 radical (unpaired) electrons. The molecule has 3 rings (SSSR count). The maximum absolute atomic E-state index is 9.55. The van der Waals surface area contributed by atoms with Gasteiger partial charge in [-0.15, -0.1) is 0 Å². The summed E-state index contributed by atoms with van der Waals surface area (Å²) >= 11 is 0. The lowest BCUT2D eigenvalue weighted by atomic mass is 10.2. The van der Waals surface area contributed by atoms with Gasteiger partial charge in [-0.05, 0) is 42.0 Å². The molecule has 0 bridgehead atoms. The van der Waals surface area contributed by atoms with Crippen molar-refractivity contribution >= 4 is 5.69 Å². The number of aromatic hydroxyl groups is 1. The molecule has 0 saturated heterocycles. The summed E-state index contributed by atoms with van der Waals surface area (Å²) in [5.41, 5.74) is 2.59. The Hall–Kier alpha value is -3.15. The van der Waals surface area contributed by atoms with Gasteiger partial charge in [0.2, 0.25) is 0 Å². The van der Waals surface area contributed by atoms with Gasteiger partial charge >= 0.3 is 0 Å². The second-order valence-corrected chi connectivity index (χ2v) is 4.82. The van der Waals surface area contributed by atoms with Crippen molar-refractivity contribution in [3.63, 3.8) is 0 Å².